The van der Waals surface area contributed by atoms with E-state index in [9.17, 15) is 4.79 Å². The van der Waals surface area contributed by atoms with Gasteiger partial charge in [0, 0.05) is 48.7 Å². The number of carbonyl (C=O) groups is 1. The maximum atomic E-state index is 12.1. The molecule has 2 aromatic rings. The molecule has 1 aliphatic heterocycles. The van der Waals surface area contributed by atoms with Gasteiger partial charge in [0.2, 0.25) is 5.91 Å². The minimum Gasteiger partial charge on any atom is -0.326 e. The van der Waals surface area contributed by atoms with Gasteiger partial charge in [-0.15, -0.1) is 0 Å². The molecular formula is C19H22ClN3O. The fraction of sp³-hybridized carbons (Fsp3) is 0.316. The molecule has 5 heteroatoms. The number of hydrogen-bond acceptors (Lipinski definition) is 3. The molecular weight excluding hydrogens is 322 g/mol. The van der Waals surface area contributed by atoms with Crippen LogP contribution in [0.3, 0.4) is 0 Å². The van der Waals surface area contributed by atoms with Gasteiger partial charge in [-0.25, -0.2) is 0 Å². The topological polar surface area (TPSA) is 58.4 Å². The highest BCUT2D eigenvalue weighted by Crippen LogP contribution is 2.26. The Morgan fingerprint density at radius 3 is 2.54 bits per heavy atom. The van der Waals surface area contributed by atoms with Crippen LogP contribution in [0.1, 0.15) is 17.9 Å². The third kappa shape index (κ3) is 4.35. The molecule has 0 radical (unpaired) electrons. The Kier molecular flexibility index (Phi) is 5.51. The summed E-state index contributed by atoms with van der Waals surface area (Å²) in [7, 11) is 0. The number of benzene rings is 2. The number of halogens is 1. The van der Waals surface area contributed by atoms with Crippen LogP contribution in [0.5, 0.6) is 0 Å². The smallest absolute Gasteiger partial charge is 0.225 e. The number of anilines is 1. The van der Waals surface area contributed by atoms with Gasteiger partial charge < -0.3 is 16.0 Å². The predicted octanol–water partition coefficient (Wildman–Crippen LogP) is 3.10. The van der Waals surface area contributed by atoms with Gasteiger partial charge in [0.25, 0.3) is 0 Å². The van der Waals surface area contributed by atoms with Crippen molar-refractivity contribution in [1.82, 2.24) is 4.90 Å². The Balaban J connectivity index is 1.48. The average molecular weight is 344 g/mol. The molecule has 0 bridgehead atoms. The highest BCUT2D eigenvalue weighted by Gasteiger charge is 2.30. The molecule has 0 saturated carbocycles. The molecule has 1 heterocycles. The summed E-state index contributed by atoms with van der Waals surface area (Å²) in [6.45, 7) is 2.45. The van der Waals surface area contributed by atoms with Crippen LogP contribution in [-0.2, 0) is 4.79 Å². The van der Waals surface area contributed by atoms with Gasteiger partial charge in [-0.1, -0.05) is 41.9 Å². The van der Waals surface area contributed by atoms with Crippen molar-refractivity contribution < 1.29 is 4.79 Å². The summed E-state index contributed by atoms with van der Waals surface area (Å²) in [6.07, 6.45) is 0.455. The summed E-state index contributed by atoms with van der Waals surface area (Å²) in [5.41, 5.74) is 8.34. The van der Waals surface area contributed by atoms with Crippen molar-refractivity contribution in [3.63, 3.8) is 0 Å². The molecule has 2 aromatic carbocycles. The number of carbonyl (C=O) groups excluding carboxylic acids is 1. The van der Waals surface area contributed by atoms with E-state index in [1.165, 1.54) is 5.56 Å². The summed E-state index contributed by atoms with van der Waals surface area (Å²) in [4.78, 5) is 14.4. The maximum Gasteiger partial charge on any atom is 0.225 e. The fourth-order valence-electron chi connectivity index (χ4n) is 3.17. The first-order chi connectivity index (χ1) is 11.6. The third-order valence-corrected chi connectivity index (χ3v) is 4.70. The van der Waals surface area contributed by atoms with E-state index in [0.717, 1.165) is 25.3 Å². The lowest BCUT2D eigenvalue weighted by Gasteiger charge is -2.16. The Morgan fingerprint density at radius 1 is 1.12 bits per heavy atom. The Hall–Kier alpha value is -1.88. The number of amides is 1. The van der Waals surface area contributed by atoms with Gasteiger partial charge in [0.15, 0.2) is 0 Å². The zero-order valence-corrected chi connectivity index (χ0v) is 14.2. The summed E-state index contributed by atoms with van der Waals surface area (Å²) < 4.78 is 0. The van der Waals surface area contributed by atoms with E-state index >= 15 is 0 Å². The lowest BCUT2D eigenvalue weighted by molar-refractivity contribution is -0.116. The second kappa shape index (κ2) is 7.79. The Bertz CT molecular complexity index is 675. The van der Waals surface area contributed by atoms with E-state index in [1.807, 2.05) is 18.2 Å². The molecule has 0 unspecified atom stereocenters. The summed E-state index contributed by atoms with van der Waals surface area (Å²) in [6, 6.07) is 17.6. The van der Waals surface area contributed by atoms with Gasteiger partial charge in [0.05, 0.1) is 0 Å². The lowest BCUT2D eigenvalue weighted by atomic mass is 9.95. The third-order valence-electron chi connectivity index (χ3n) is 4.45. The number of nitrogens with two attached hydrogens (primary N) is 1. The van der Waals surface area contributed by atoms with E-state index in [2.05, 4.69) is 22.3 Å². The molecule has 24 heavy (non-hydrogen) atoms. The first-order valence-corrected chi connectivity index (χ1v) is 8.58. The van der Waals surface area contributed by atoms with Gasteiger partial charge in [-0.05, 0) is 29.8 Å². The normalized spacial score (nSPS) is 20.9. The van der Waals surface area contributed by atoms with Gasteiger partial charge in [0.1, 0.15) is 0 Å². The summed E-state index contributed by atoms with van der Waals surface area (Å²) in [5.74, 6) is 0.347. The molecule has 1 aliphatic rings. The molecule has 3 rings (SSSR count). The number of nitrogens with zero attached hydrogens (tertiary/aromatic N) is 1. The van der Waals surface area contributed by atoms with E-state index in [-0.39, 0.29) is 11.9 Å². The van der Waals surface area contributed by atoms with Crippen LogP contribution in [0.2, 0.25) is 5.02 Å². The lowest BCUT2D eigenvalue weighted by Crippen LogP contribution is -2.30. The summed E-state index contributed by atoms with van der Waals surface area (Å²) >= 11 is 5.84. The van der Waals surface area contributed by atoms with Crippen LogP contribution in [-0.4, -0.2) is 36.5 Å². The van der Waals surface area contributed by atoms with Crippen molar-refractivity contribution >= 4 is 23.2 Å². The molecule has 1 saturated heterocycles. The molecule has 0 aliphatic carbocycles. The Labute approximate surface area is 147 Å². The SMILES string of the molecule is N[C@@H]1CN(CCC(=O)Nc2ccc(Cl)cc2)C[C@H]1c1ccccc1. The first-order valence-electron chi connectivity index (χ1n) is 8.20. The largest absolute Gasteiger partial charge is 0.326 e. The second-order valence-corrected chi connectivity index (χ2v) is 6.68. The minimum atomic E-state index is 0.00838. The fourth-order valence-corrected chi connectivity index (χ4v) is 3.29. The number of rotatable bonds is 5. The molecule has 0 aromatic heterocycles. The van der Waals surface area contributed by atoms with Crippen LogP contribution < -0.4 is 11.1 Å². The van der Waals surface area contributed by atoms with Crippen LogP contribution >= 0.6 is 11.6 Å². The highest BCUT2D eigenvalue weighted by atomic mass is 35.5. The van der Waals surface area contributed by atoms with Crippen molar-refractivity contribution in [2.24, 2.45) is 5.73 Å². The van der Waals surface area contributed by atoms with Crippen molar-refractivity contribution in [3.8, 4) is 0 Å². The van der Waals surface area contributed by atoms with Crippen LogP contribution in [0, 0.1) is 0 Å². The molecule has 3 N–H and O–H groups in total. The van der Waals surface area contributed by atoms with Gasteiger partial charge in [-0.2, -0.15) is 0 Å². The van der Waals surface area contributed by atoms with Crippen molar-refractivity contribution in [2.45, 2.75) is 18.4 Å². The van der Waals surface area contributed by atoms with Crippen molar-refractivity contribution in [3.05, 3.63) is 65.2 Å². The monoisotopic (exact) mass is 343 g/mol. The molecule has 0 spiro atoms. The Morgan fingerprint density at radius 2 is 1.83 bits per heavy atom. The van der Waals surface area contributed by atoms with E-state index in [4.69, 9.17) is 17.3 Å². The van der Waals surface area contributed by atoms with E-state index < -0.39 is 0 Å². The first kappa shape index (κ1) is 17.0. The van der Waals surface area contributed by atoms with Crippen molar-refractivity contribution in [1.29, 1.82) is 0 Å². The van der Waals surface area contributed by atoms with Gasteiger partial charge in [-0.3, -0.25) is 4.79 Å². The number of hydrogen-bond donors (Lipinski definition) is 2. The minimum absolute atomic E-state index is 0.00838. The van der Waals surface area contributed by atoms with Crippen LogP contribution in [0.4, 0.5) is 5.69 Å². The molecule has 1 fully saturated rings. The van der Waals surface area contributed by atoms with E-state index in [0.29, 0.717) is 17.4 Å². The second-order valence-electron chi connectivity index (χ2n) is 6.25. The van der Waals surface area contributed by atoms with Crippen molar-refractivity contribution in [2.75, 3.05) is 25.0 Å². The quantitative estimate of drug-likeness (QED) is 0.877. The molecule has 2 atom stereocenters. The summed E-state index contributed by atoms with van der Waals surface area (Å²) in [5, 5.41) is 3.55. The van der Waals surface area contributed by atoms with Crippen LogP contribution in [0.25, 0.3) is 0 Å². The standard InChI is InChI=1S/C19H22ClN3O/c20-15-6-8-16(9-7-15)22-19(24)10-11-23-12-17(18(21)13-23)14-4-2-1-3-5-14/h1-9,17-18H,10-13,21H2,(H,22,24)/t17-,18+/m0/s1. The van der Waals surface area contributed by atoms with Crippen LogP contribution in [0.15, 0.2) is 54.6 Å². The number of nitrogens with one attached hydrogen (secondary N) is 1. The van der Waals surface area contributed by atoms with Gasteiger partial charge >= 0.3 is 0 Å². The number of likely N-dealkylation sites (tertiary alicyclic amines) is 1. The molecule has 1 amide bonds. The molecule has 126 valence electrons. The van der Waals surface area contributed by atoms with E-state index in [1.54, 1.807) is 24.3 Å². The maximum absolute atomic E-state index is 12.1. The predicted molar refractivity (Wildman–Crippen MR) is 98.3 cm³/mol. The zero-order valence-electron chi connectivity index (χ0n) is 13.5. The molecule has 4 nitrogen and oxygen atoms in total. The highest BCUT2D eigenvalue weighted by molar-refractivity contribution is 6.30. The average Bonchev–Trinajstić information content (AvgIpc) is 2.97. The zero-order chi connectivity index (χ0) is 16.9.